The molecule has 1 N–H and O–H groups in total. The van der Waals surface area contributed by atoms with E-state index in [1.54, 1.807) is 25.1 Å². The quantitative estimate of drug-likeness (QED) is 0.872. The van der Waals surface area contributed by atoms with Crippen molar-refractivity contribution in [1.82, 2.24) is 0 Å². The number of rotatable bonds is 3. The molecule has 0 aromatic heterocycles. The lowest BCUT2D eigenvalue weighted by Crippen LogP contribution is -2.14. The molecule has 5 heteroatoms. The molecule has 0 unspecified atom stereocenters. The van der Waals surface area contributed by atoms with Crippen LogP contribution < -0.4 is 4.72 Å². The van der Waals surface area contributed by atoms with E-state index in [0.717, 1.165) is 5.56 Å². The molecule has 3 nitrogen and oxygen atoms in total. The first-order chi connectivity index (χ1) is 6.44. The SMILES string of the molecule is CCS(=O)(=O)Nc1ccc(C)c(Cl)c1. The summed E-state index contributed by atoms with van der Waals surface area (Å²) in [6, 6.07) is 5.06. The summed E-state index contributed by atoms with van der Waals surface area (Å²) in [5, 5.41) is 0.557. The molecule has 0 radical (unpaired) electrons. The van der Waals surface area contributed by atoms with Crippen LogP contribution in [0.1, 0.15) is 12.5 Å². The zero-order chi connectivity index (χ0) is 10.8. The van der Waals surface area contributed by atoms with Crippen LogP contribution in [-0.2, 0) is 10.0 Å². The number of sulfonamides is 1. The number of halogens is 1. The Bertz CT molecular complexity index is 428. The molecule has 0 bridgehead atoms. The Labute approximate surface area is 89.1 Å². The first-order valence-electron chi connectivity index (χ1n) is 4.21. The van der Waals surface area contributed by atoms with Gasteiger partial charge in [-0.15, -0.1) is 0 Å². The fourth-order valence-corrected chi connectivity index (χ4v) is 1.72. The fourth-order valence-electron chi connectivity index (χ4n) is 0.908. The van der Waals surface area contributed by atoms with Crippen molar-refractivity contribution in [2.75, 3.05) is 10.5 Å². The van der Waals surface area contributed by atoms with Crippen LogP contribution >= 0.6 is 11.6 Å². The molecule has 1 rings (SSSR count). The summed E-state index contributed by atoms with van der Waals surface area (Å²) in [4.78, 5) is 0. The number of benzene rings is 1. The van der Waals surface area contributed by atoms with Crippen molar-refractivity contribution in [2.24, 2.45) is 0 Å². The van der Waals surface area contributed by atoms with E-state index in [1.165, 1.54) is 0 Å². The van der Waals surface area contributed by atoms with E-state index in [4.69, 9.17) is 11.6 Å². The predicted molar refractivity (Wildman–Crippen MR) is 59.3 cm³/mol. The minimum Gasteiger partial charge on any atom is -0.284 e. The maximum atomic E-state index is 11.2. The van der Waals surface area contributed by atoms with E-state index < -0.39 is 10.0 Å². The molecule has 14 heavy (non-hydrogen) atoms. The summed E-state index contributed by atoms with van der Waals surface area (Å²) in [7, 11) is -3.21. The van der Waals surface area contributed by atoms with Gasteiger partial charge < -0.3 is 0 Å². The molecule has 0 saturated heterocycles. The van der Waals surface area contributed by atoms with Gasteiger partial charge in [-0.1, -0.05) is 17.7 Å². The Morgan fingerprint density at radius 1 is 1.43 bits per heavy atom. The van der Waals surface area contributed by atoms with E-state index in [9.17, 15) is 8.42 Å². The Hall–Kier alpha value is -0.740. The largest absolute Gasteiger partial charge is 0.284 e. The molecule has 1 aromatic carbocycles. The summed E-state index contributed by atoms with van der Waals surface area (Å²) in [6.07, 6.45) is 0. The molecule has 0 fully saturated rings. The minimum absolute atomic E-state index is 0.0541. The van der Waals surface area contributed by atoms with Gasteiger partial charge in [-0.2, -0.15) is 0 Å². The van der Waals surface area contributed by atoms with E-state index in [0.29, 0.717) is 10.7 Å². The van der Waals surface area contributed by atoms with E-state index in [1.807, 2.05) is 6.92 Å². The number of aryl methyl sites for hydroxylation is 1. The second kappa shape index (κ2) is 4.19. The van der Waals surface area contributed by atoms with Crippen LogP contribution in [-0.4, -0.2) is 14.2 Å². The fraction of sp³-hybridized carbons (Fsp3) is 0.333. The zero-order valence-corrected chi connectivity index (χ0v) is 9.61. The van der Waals surface area contributed by atoms with Crippen molar-refractivity contribution >= 4 is 27.3 Å². The number of nitrogens with one attached hydrogen (secondary N) is 1. The predicted octanol–water partition coefficient (Wildman–Crippen LogP) is 2.41. The van der Waals surface area contributed by atoms with Crippen molar-refractivity contribution in [3.8, 4) is 0 Å². The Balaban J connectivity index is 2.94. The van der Waals surface area contributed by atoms with Gasteiger partial charge in [0.05, 0.1) is 5.75 Å². The highest BCUT2D eigenvalue weighted by atomic mass is 35.5. The van der Waals surface area contributed by atoms with Crippen LogP contribution in [0.3, 0.4) is 0 Å². The minimum atomic E-state index is -3.21. The maximum Gasteiger partial charge on any atom is 0.232 e. The highest BCUT2D eigenvalue weighted by Gasteiger charge is 2.07. The van der Waals surface area contributed by atoms with Crippen molar-refractivity contribution in [3.05, 3.63) is 28.8 Å². The Morgan fingerprint density at radius 3 is 2.57 bits per heavy atom. The van der Waals surface area contributed by atoms with Gasteiger partial charge in [-0.25, -0.2) is 8.42 Å². The molecule has 0 saturated carbocycles. The highest BCUT2D eigenvalue weighted by molar-refractivity contribution is 7.92. The van der Waals surface area contributed by atoms with Gasteiger partial charge in [0.1, 0.15) is 0 Å². The van der Waals surface area contributed by atoms with Crippen LogP contribution in [0.5, 0.6) is 0 Å². The molecule has 0 heterocycles. The Morgan fingerprint density at radius 2 is 2.07 bits per heavy atom. The van der Waals surface area contributed by atoms with Crippen molar-refractivity contribution in [1.29, 1.82) is 0 Å². The topological polar surface area (TPSA) is 46.2 Å². The summed E-state index contributed by atoms with van der Waals surface area (Å²) < 4.78 is 24.8. The zero-order valence-electron chi connectivity index (χ0n) is 8.04. The molecule has 0 aliphatic heterocycles. The van der Waals surface area contributed by atoms with Gasteiger partial charge in [-0.05, 0) is 31.5 Å². The van der Waals surface area contributed by atoms with Crippen LogP contribution in [0.25, 0.3) is 0 Å². The molecule has 0 aliphatic carbocycles. The summed E-state index contributed by atoms with van der Waals surface area (Å²) in [5.41, 5.74) is 1.42. The third kappa shape index (κ3) is 2.89. The van der Waals surface area contributed by atoms with E-state index in [-0.39, 0.29) is 5.75 Å². The molecule has 0 atom stereocenters. The van der Waals surface area contributed by atoms with E-state index in [2.05, 4.69) is 4.72 Å². The van der Waals surface area contributed by atoms with Crippen LogP contribution in [0.2, 0.25) is 5.02 Å². The highest BCUT2D eigenvalue weighted by Crippen LogP contribution is 2.20. The first kappa shape index (κ1) is 11.3. The lowest BCUT2D eigenvalue weighted by molar-refractivity contribution is 0.602. The van der Waals surface area contributed by atoms with Gasteiger partial charge in [0.25, 0.3) is 0 Å². The second-order valence-electron chi connectivity index (χ2n) is 2.97. The lowest BCUT2D eigenvalue weighted by Gasteiger charge is -2.06. The molecule has 0 amide bonds. The molecule has 0 aliphatic rings. The molecular weight excluding hydrogens is 222 g/mol. The van der Waals surface area contributed by atoms with Gasteiger partial charge >= 0.3 is 0 Å². The summed E-state index contributed by atoms with van der Waals surface area (Å²) in [5.74, 6) is 0.0541. The molecule has 0 spiro atoms. The van der Waals surface area contributed by atoms with Crippen molar-refractivity contribution in [2.45, 2.75) is 13.8 Å². The third-order valence-corrected chi connectivity index (χ3v) is 3.54. The van der Waals surface area contributed by atoms with Crippen molar-refractivity contribution < 1.29 is 8.42 Å². The molecule has 1 aromatic rings. The summed E-state index contributed by atoms with van der Waals surface area (Å²) in [6.45, 7) is 3.44. The lowest BCUT2D eigenvalue weighted by atomic mass is 10.2. The molecule has 78 valence electrons. The maximum absolute atomic E-state index is 11.2. The smallest absolute Gasteiger partial charge is 0.232 e. The standard InChI is InChI=1S/C9H12ClNO2S/c1-3-14(12,13)11-8-5-4-7(2)9(10)6-8/h4-6,11H,3H2,1-2H3. The van der Waals surface area contributed by atoms with Crippen molar-refractivity contribution in [3.63, 3.8) is 0 Å². The van der Waals surface area contributed by atoms with Gasteiger partial charge in [-0.3, -0.25) is 4.72 Å². The first-order valence-corrected chi connectivity index (χ1v) is 6.24. The van der Waals surface area contributed by atoms with Crippen LogP contribution in [0.15, 0.2) is 18.2 Å². The number of hydrogen-bond donors (Lipinski definition) is 1. The average Bonchev–Trinajstić information content (AvgIpc) is 2.11. The number of hydrogen-bond acceptors (Lipinski definition) is 2. The van der Waals surface area contributed by atoms with Crippen LogP contribution in [0.4, 0.5) is 5.69 Å². The molecular formula is C9H12ClNO2S. The van der Waals surface area contributed by atoms with Crippen LogP contribution in [0, 0.1) is 6.92 Å². The number of anilines is 1. The third-order valence-electron chi connectivity index (χ3n) is 1.83. The second-order valence-corrected chi connectivity index (χ2v) is 5.39. The summed E-state index contributed by atoms with van der Waals surface area (Å²) >= 11 is 5.85. The van der Waals surface area contributed by atoms with E-state index >= 15 is 0 Å². The normalized spacial score (nSPS) is 11.4. The average molecular weight is 234 g/mol. The monoisotopic (exact) mass is 233 g/mol. The van der Waals surface area contributed by atoms with Gasteiger partial charge in [0, 0.05) is 10.7 Å². The van der Waals surface area contributed by atoms with Gasteiger partial charge in [0.2, 0.25) is 10.0 Å². The van der Waals surface area contributed by atoms with Gasteiger partial charge in [0.15, 0.2) is 0 Å². The Kier molecular flexibility index (Phi) is 3.39.